The third-order valence-electron chi connectivity index (χ3n) is 2.94. The Kier molecular flexibility index (Phi) is 3.99. The van der Waals surface area contributed by atoms with Gasteiger partial charge in [0.2, 0.25) is 0 Å². The van der Waals surface area contributed by atoms with Crippen molar-refractivity contribution in [1.29, 1.82) is 0 Å². The van der Waals surface area contributed by atoms with Crippen LogP contribution in [-0.4, -0.2) is 11.7 Å². The maximum absolute atomic E-state index is 10.9. The van der Waals surface area contributed by atoms with Crippen LogP contribution in [0.15, 0.2) is 35.7 Å². The number of ether oxygens (including phenoxy) is 1. The van der Waals surface area contributed by atoms with Gasteiger partial charge in [-0.3, -0.25) is 0 Å². The van der Waals surface area contributed by atoms with E-state index in [4.69, 9.17) is 16.2 Å². The van der Waals surface area contributed by atoms with Crippen LogP contribution in [0.3, 0.4) is 0 Å². The maximum Gasteiger partial charge on any atom is 0.405 e. The van der Waals surface area contributed by atoms with Crippen LogP contribution in [0.25, 0.3) is 10.4 Å². The molecule has 0 atom stereocenters. The molecule has 0 bridgehead atoms. The number of hydrogen-bond acceptors (Lipinski definition) is 4. The number of hydrogen-bond donors (Lipinski definition) is 2. The normalized spacial score (nSPS) is 11.3. The van der Waals surface area contributed by atoms with E-state index in [1.54, 1.807) is 11.3 Å². The molecule has 1 heterocycles. The Labute approximate surface area is 122 Å². The van der Waals surface area contributed by atoms with Gasteiger partial charge < -0.3 is 16.2 Å². The van der Waals surface area contributed by atoms with E-state index in [1.807, 2.05) is 43.5 Å². The van der Waals surface area contributed by atoms with Gasteiger partial charge in [-0.1, -0.05) is 18.2 Å². The van der Waals surface area contributed by atoms with Crippen LogP contribution < -0.4 is 11.5 Å². The minimum Gasteiger partial charge on any atom is -0.443 e. The van der Waals surface area contributed by atoms with E-state index < -0.39 is 11.7 Å². The molecule has 2 aromatic rings. The van der Waals surface area contributed by atoms with Crippen molar-refractivity contribution in [2.45, 2.75) is 25.9 Å². The number of nitrogens with two attached hydrogens (primary N) is 2. The molecule has 0 saturated carbocycles. The lowest BCUT2D eigenvalue weighted by Gasteiger charge is -2.24. The highest BCUT2D eigenvalue weighted by Gasteiger charge is 2.23. The molecule has 1 amide bonds. The highest BCUT2D eigenvalue weighted by atomic mass is 32.1. The number of anilines is 1. The minimum atomic E-state index is -0.774. The molecular weight excluding hydrogens is 272 g/mol. The second-order valence-corrected chi connectivity index (χ2v) is 6.20. The highest BCUT2D eigenvalue weighted by molar-refractivity contribution is 7.13. The zero-order chi connectivity index (χ0) is 14.8. The molecule has 0 aliphatic carbocycles. The van der Waals surface area contributed by atoms with Gasteiger partial charge in [-0.2, -0.15) is 0 Å². The van der Waals surface area contributed by atoms with Crippen molar-refractivity contribution >= 4 is 23.1 Å². The predicted octanol–water partition coefficient (Wildman–Crippen LogP) is 3.41. The lowest BCUT2D eigenvalue weighted by atomic mass is 9.96. The van der Waals surface area contributed by atoms with Crippen molar-refractivity contribution in [2.24, 2.45) is 5.73 Å². The summed E-state index contributed by atoms with van der Waals surface area (Å²) in [4.78, 5) is 12.0. The van der Waals surface area contributed by atoms with Crippen LogP contribution in [0.4, 0.5) is 10.5 Å². The van der Waals surface area contributed by atoms with Gasteiger partial charge in [0.1, 0.15) is 5.60 Å². The quantitative estimate of drug-likeness (QED) is 0.847. The molecule has 0 unspecified atom stereocenters. The number of benzene rings is 1. The first-order chi connectivity index (χ1) is 9.37. The summed E-state index contributed by atoms with van der Waals surface area (Å²) < 4.78 is 5.08. The summed E-state index contributed by atoms with van der Waals surface area (Å²) in [6, 6.07) is 10.0. The van der Waals surface area contributed by atoms with E-state index in [-0.39, 0.29) is 0 Å². The molecule has 0 radical (unpaired) electrons. The first-order valence-corrected chi connectivity index (χ1v) is 7.16. The summed E-state index contributed by atoms with van der Waals surface area (Å²) in [7, 11) is 0. The maximum atomic E-state index is 10.9. The molecule has 4 nitrogen and oxygen atoms in total. The predicted molar refractivity (Wildman–Crippen MR) is 82.6 cm³/mol. The van der Waals surface area contributed by atoms with E-state index in [2.05, 4.69) is 6.07 Å². The van der Waals surface area contributed by atoms with E-state index >= 15 is 0 Å². The van der Waals surface area contributed by atoms with Crippen molar-refractivity contribution in [2.75, 3.05) is 5.73 Å². The van der Waals surface area contributed by atoms with Gasteiger partial charge in [0.15, 0.2) is 0 Å². The van der Waals surface area contributed by atoms with Crippen LogP contribution >= 0.6 is 11.3 Å². The Morgan fingerprint density at radius 3 is 2.65 bits per heavy atom. The van der Waals surface area contributed by atoms with Gasteiger partial charge in [-0.05, 0) is 42.5 Å². The molecule has 20 heavy (non-hydrogen) atoms. The topological polar surface area (TPSA) is 78.3 Å². The van der Waals surface area contributed by atoms with E-state index in [1.165, 1.54) is 4.88 Å². The zero-order valence-electron chi connectivity index (χ0n) is 11.6. The molecular formula is C15H18N2O2S. The molecule has 0 aliphatic heterocycles. The second-order valence-electron chi connectivity index (χ2n) is 5.25. The van der Waals surface area contributed by atoms with E-state index in [0.29, 0.717) is 12.1 Å². The van der Waals surface area contributed by atoms with Crippen molar-refractivity contribution in [1.82, 2.24) is 0 Å². The Hall–Kier alpha value is -2.01. The fraction of sp³-hybridized carbons (Fsp3) is 0.267. The highest BCUT2D eigenvalue weighted by Crippen LogP contribution is 2.29. The third-order valence-corrected chi connectivity index (χ3v) is 3.86. The first-order valence-electron chi connectivity index (χ1n) is 6.28. The van der Waals surface area contributed by atoms with Gasteiger partial charge in [0.25, 0.3) is 0 Å². The molecule has 106 valence electrons. The first kappa shape index (κ1) is 14.4. The Balaban J connectivity index is 2.20. The zero-order valence-corrected chi connectivity index (χ0v) is 12.4. The summed E-state index contributed by atoms with van der Waals surface area (Å²) in [6.45, 7) is 3.62. The van der Waals surface area contributed by atoms with Crippen LogP contribution in [0.5, 0.6) is 0 Å². The van der Waals surface area contributed by atoms with Crippen molar-refractivity contribution in [3.63, 3.8) is 0 Å². The van der Waals surface area contributed by atoms with E-state index in [9.17, 15) is 4.79 Å². The van der Waals surface area contributed by atoms with E-state index in [0.717, 1.165) is 11.1 Å². The van der Waals surface area contributed by atoms with Crippen molar-refractivity contribution in [3.05, 3.63) is 41.3 Å². The molecule has 4 N–H and O–H groups in total. The van der Waals surface area contributed by atoms with Gasteiger partial charge >= 0.3 is 6.09 Å². The lowest BCUT2D eigenvalue weighted by molar-refractivity contribution is 0.0461. The number of carbonyl (C=O) groups is 1. The number of nitrogen functional groups attached to an aromatic ring is 1. The number of rotatable bonds is 4. The SMILES string of the molecule is CC(C)(Cc1ccc(-c2cccs2)cc1N)OC(N)=O. The molecule has 2 rings (SSSR count). The average molecular weight is 290 g/mol. The molecule has 0 aliphatic rings. The van der Waals surface area contributed by atoms with Crippen LogP contribution in [0, 0.1) is 0 Å². The fourth-order valence-corrected chi connectivity index (χ4v) is 2.84. The summed E-state index contributed by atoms with van der Waals surface area (Å²) in [5.74, 6) is 0. The summed E-state index contributed by atoms with van der Waals surface area (Å²) >= 11 is 1.67. The van der Waals surface area contributed by atoms with Crippen LogP contribution in [-0.2, 0) is 11.2 Å². The van der Waals surface area contributed by atoms with Crippen LogP contribution in [0.2, 0.25) is 0 Å². The summed E-state index contributed by atoms with van der Waals surface area (Å²) in [5.41, 5.74) is 13.2. The molecule has 0 saturated heterocycles. The Bertz CT molecular complexity index is 606. The number of amides is 1. The standard InChI is InChI=1S/C15H18N2O2S/c1-15(2,19-14(17)18)9-11-6-5-10(8-12(11)16)13-4-3-7-20-13/h3-8H,9,16H2,1-2H3,(H2,17,18). The largest absolute Gasteiger partial charge is 0.443 e. The number of carbonyl (C=O) groups excluding carboxylic acids is 1. The second kappa shape index (κ2) is 5.54. The van der Waals surface area contributed by atoms with Gasteiger partial charge in [0.05, 0.1) is 0 Å². The summed E-state index contributed by atoms with van der Waals surface area (Å²) in [5, 5.41) is 2.03. The van der Waals surface area contributed by atoms with Crippen LogP contribution in [0.1, 0.15) is 19.4 Å². The average Bonchev–Trinajstić information content (AvgIpc) is 2.83. The smallest absolute Gasteiger partial charge is 0.405 e. The Morgan fingerprint density at radius 2 is 2.10 bits per heavy atom. The fourth-order valence-electron chi connectivity index (χ4n) is 2.12. The van der Waals surface area contributed by atoms with Gasteiger partial charge in [-0.15, -0.1) is 11.3 Å². The molecule has 0 spiro atoms. The van der Waals surface area contributed by atoms with Crippen molar-refractivity contribution in [3.8, 4) is 10.4 Å². The van der Waals surface area contributed by atoms with Crippen molar-refractivity contribution < 1.29 is 9.53 Å². The molecule has 0 fully saturated rings. The Morgan fingerprint density at radius 1 is 1.35 bits per heavy atom. The summed E-state index contributed by atoms with van der Waals surface area (Å²) in [6.07, 6.45) is -0.254. The third kappa shape index (κ3) is 3.51. The number of thiophene rings is 1. The van der Waals surface area contributed by atoms with Gasteiger partial charge in [-0.25, -0.2) is 4.79 Å². The molecule has 5 heteroatoms. The molecule has 1 aromatic carbocycles. The monoisotopic (exact) mass is 290 g/mol. The van der Waals surface area contributed by atoms with Gasteiger partial charge in [0, 0.05) is 17.0 Å². The molecule has 1 aromatic heterocycles. The minimum absolute atomic E-state index is 0.520. The number of primary amides is 1. The lowest BCUT2D eigenvalue weighted by Crippen LogP contribution is -2.33.